The van der Waals surface area contributed by atoms with E-state index in [-0.39, 0.29) is 5.92 Å². The molecule has 2 aromatic heterocycles. The molecule has 0 saturated carbocycles. The third-order valence-corrected chi connectivity index (χ3v) is 4.91. The second-order valence-electron chi connectivity index (χ2n) is 6.72. The lowest BCUT2D eigenvalue weighted by molar-refractivity contribution is -0.112. The van der Waals surface area contributed by atoms with Gasteiger partial charge in [-0.25, -0.2) is 15.0 Å². The number of nitrogens with two attached hydrogens (primary N) is 1. The van der Waals surface area contributed by atoms with E-state index < -0.39 is 5.91 Å². The number of piperazine rings is 1. The minimum atomic E-state index is -0.528. The Bertz CT molecular complexity index is 902. The van der Waals surface area contributed by atoms with Crippen LogP contribution in [0.4, 0.5) is 23.3 Å². The van der Waals surface area contributed by atoms with Crippen LogP contribution in [0, 0.1) is 6.92 Å². The molecule has 1 saturated heterocycles. The molecule has 140 valence electrons. The summed E-state index contributed by atoms with van der Waals surface area (Å²) in [4.78, 5) is 31.5. The van der Waals surface area contributed by atoms with E-state index in [0.29, 0.717) is 23.3 Å². The average Bonchev–Trinajstić information content (AvgIpc) is 3.00. The maximum absolute atomic E-state index is 11.5. The van der Waals surface area contributed by atoms with Gasteiger partial charge in [-0.2, -0.15) is 4.98 Å². The lowest BCUT2D eigenvalue weighted by atomic mass is 9.98. The van der Waals surface area contributed by atoms with Gasteiger partial charge in [0.25, 0.3) is 5.91 Å². The van der Waals surface area contributed by atoms with Crippen molar-refractivity contribution in [2.45, 2.75) is 19.8 Å². The number of carbonyl (C=O) groups is 1. The van der Waals surface area contributed by atoms with Gasteiger partial charge in [-0.15, -0.1) is 0 Å². The van der Waals surface area contributed by atoms with Crippen LogP contribution < -0.4 is 21.3 Å². The van der Waals surface area contributed by atoms with Gasteiger partial charge < -0.3 is 21.3 Å². The molecule has 9 nitrogen and oxygen atoms in total. The van der Waals surface area contributed by atoms with Gasteiger partial charge in [0, 0.05) is 43.4 Å². The molecular formula is C18H22N8O. The highest BCUT2D eigenvalue weighted by molar-refractivity contribution is 6.41. The zero-order valence-corrected chi connectivity index (χ0v) is 15.4. The van der Waals surface area contributed by atoms with E-state index in [1.807, 2.05) is 32.2 Å². The highest BCUT2D eigenvalue weighted by Gasteiger charge is 2.30. The normalized spacial score (nSPS) is 18.8. The number of rotatable bonds is 4. The number of carbonyl (C=O) groups excluding carboxylic acids is 1. The summed E-state index contributed by atoms with van der Waals surface area (Å²) in [5.41, 5.74) is 8.43. The summed E-state index contributed by atoms with van der Waals surface area (Å²) >= 11 is 0. The lowest BCUT2D eigenvalue weighted by Gasteiger charge is -2.29. The predicted molar refractivity (Wildman–Crippen MR) is 104 cm³/mol. The first kappa shape index (κ1) is 17.3. The maximum atomic E-state index is 11.5. The van der Waals surface area contributed by atoms with Crippen molar-refractivity contribution in [2.75, 3.05) is 36.4 Å². The van der Waals surface area contributed by atoms with Crippen LogP contribution in [0.25, 0.3) is 0 Å². The van der Waals surface area contributed by atoms with Crippen LogP contribution in [-0.2, 0) is 4.79 Å². The van der Waals surface area contributed by atoms with E-state index in [9.17, 15) is 4.79 Å². The number of aliphatic imine (C=N–C) groups is 1. The van der Waals surface area contributed by atoms with Crippen LogP contribution in [0.1, 0.15) is 24.1 Å². The molecule has 1 atom stereocenters. The molecule has 4 heterocycles. The molecule has 1 amide bonds. The van der Waals surface area contributed by atoms with Gasteiger partial charge >= 0.3 is 0 Å². The number of nitrogens with one attached hydrogen (secondary N) is 2. The number of anilines is 3. The zero-order chi connectivity index (χ0) is 19.0. The second kappa shape index (κ2) is 6.92. The van der Waals surface area contributed by atoms with Crippen molar-refractivity contribution < 1.29 is 4.79 Å². The Morgan fingerprint density at radius 1 is 1.30 bits per heavy atom. The van der Waals surface area contributed by atoms with Crippen LogP contribution in [0.3, 0.4) is 0 Å². The maximum Gasteiger partial charge on any atom is 0.263 e. The molecule has 4 N–H and O–H groups in total. The number of hydrogen-bond donors (Lipinski definition) is 3. The van der Waals surface area contributed by atoms with Crippen LogP contribution in [-0.4, -0.2) is 52.7 Å². The smallest absolute Gasteiger partial charge is 0.263 e. The van der Waals surface area contributed by atoms with Crippen molar-refractivity contribution in [3.05, 3.63) is 29.6 Å². The number of nitrogens with zero attached hydrogens (tertiary/aromatic N) is 5. The van der Waals surface area contributed by atoms with Crippen molar-refractivity contribution in [2.24, 2.45) is 10.7 Å². The van der Waals surface area contributed by atoms with E-state index in [2.05, 4.69) is 35.5 Å². The van der Waals surface area contributed by atoms with Gasteiger partial charge in [-0.1, -0.05) is 6.92 Å². The van der Waals surface area contributed by atoms with Crippen LogP contribution in [0.5, 0.6) is 0 Å². The van der Waals surface area contributed by atoms with E-state index in [1.165, 1.54) is 0 Å². The molecule has 1 unspecified atom stereocenters. The number of aromatic nitrogens is 3. The zero-order valence-electron chi connectivity index (χ0n) is 15.4. The summed E-state index contributed by atoms with van der Waals surface area (Å²) in [5.74, 6) is 0.819. The fourth-order valence-electron chi connectivity index (χ4n) is 3.52. The SMILES string of the molecule is Cc1nc(Nc2ccc(N3CCNCC3)cn2)nc2c1C(C)C(C(N)=O)=N2. The Hall–Kier alpha value is -3.07. The molecule has 4 rings (SSSR count). The van der Waals surface area contributed by atoms with Crippen molar-refractivity contribution in [3.8, 4) is 0 Å². The molecular weight excluding hydrogens is 344 g/mol. The highest BCUT2D eigenvalue weighted by atomic mass is 16.1. The third-order valence-electron chi connectivity index (χ3n) is 4.91. The third kappa shape index (κ3) is 3.33. The van der Waals surface area contributed by atoms with Gasteiger partial charge in [-0.05, 0) is 19.1 Å². The van der Waals surface area contributed by atoms with E-state index in [0.717, 1.165) is 43.1 Å². The van der Waals surface area contributed by atoms with Gasteiger partial charge in [0.1, 0.15) is 11.5 Å². The number of aryl methyl sites for hydroxylation is 1. The summed E-state index contributed by atoms with van der Waals surface area (Å²) in [5, 5.41) is 6.45. The van der Waals surface area contributed by atoms with Crippen molar-refractivity contribution >= 4 is 34.9 Å². The topological polar surface area (TPSA) is 121 Å². The fraction of sp³-hybridized carbons (Fsp3) is 0.389. The molecule has 0 spiro atoms. The molecule has 9 heteroatoms. The molecule has 0 bridgehead atoms. The van der Waals surface area contributed by atoms with Crippen LogP contribution in [0.15, 0.2) is 23.3 Å². The first-order chi connectivity index (χ1) is 13.0. The summed E-state index contributed by atoms with van der Waals surface area (Å²) in [6, 6.07) is 3.94. The van der Waals surface area contributed by atoms with Crippen molar-refractivity contribution in [1.29, 1.82) is 0 Å². The van der Waals surface area contributed by atoms with E-state index >= 15 is 0 Å². The first-order valence-electron chi connectivity index (χ1n) is 8.98. The summed E-state index contributed by atoms with van der Waals surface area (Å²) < 4.78 is 0. The highest BCUT2D eigenvalue weighted by Crippen LogP contribution is 2.36. The van der Waals surface area contributed by atoms with E-state index in [1.54, 1.807) is 0 Å². The number of pyridine rings is 1. The number of primary amides is 1. The Labute approximate surface area is 157 Å². The first-order valence-corrected chi connectivity index (χ1v) is 8.98. The summed E-state index contributed by atoms with van der Waals surface area (Å²) in [6.07, 6.45) is 1.85. The average molecular weight is 366 g/mol. The van der Waals surface area contributed by atoms with Crippen LogP contribution in [0.2, 0.25) is 0 Å². The number of hydrogen-bond acceptors (Lipinski definition) is 8. The predicted octanol–water partition coefficient (Wildman–Crippen LogP) is 1.01. The molecule has 2 aromatic rings. The molecule has 2 aliphatic rings. The molecule has 2 aliphatic heterocycles. The molecule has 0 aliphatic carbocycles. The Balaban J connectivity index is 1.54. The van der Waals surface area contributed by atoms with Gasteiger partial charge in [0.05, 0.1) is 11.9 Å². The van der Waals surface area contributed by atoms with Crippen LogP contribution >= 0.6 is 0 Å². The minimum Gasteiger partial charge on any atom is -0.368 e. The minimum absolute atomic E-state index is 0.192. The number of amides is 1. The van der Waals surface area contributed by atoms with Crippen molar-refractivity contribution in [3.63, 3.8) is 0 Å². The van der Waals surface area contributed by atoms with Gasteiger partial charge in [0.15, 0.2) is 5.82 Å². The molecule has 27 heavy (non-hydrogen) atoms. The molecule has 1 fully saturated rings. The number of fused-ring (bicyclic) bond motifs is 1. The largest absolute Gasteiger partial charge is 0.368 e. The Morgan fingerprint density at radius 2 is 2.07 bits per heavy atom. The monoisotopic (exact) mass is 366 g/mol. The van der Waals surface area contributed by atoms with Gasteiger partial charge in [0.2, 0.25) is 5.95 Å². The Kier molecular flexibility index (Phi) is 4.44. The summed E-state index contributed by atoms with van der Waals surface area (Å²) in [6.45, 7) is 7.67. The van der Waals surface area contributed by atoms with Crippen molar-refractivity contribution in [1.82, 2.24) is 20.3 Å². The second-order valence-corrected chi connectivity index (χ2v) is 6.72. The summed E-state index contributed by atoms with van der Waals surface area (Å²) in [7, 11) is 0. The lowest BCUT2D eigenvalue weighted by Crippen LogP contribution is -2.43. The standard InChI is InChI=1S/C18H22N8O/c1-10-14-11(2)22-18(25-17(14)24-15(10)16(19)27)23-13-4-3-12(9-21-13)26-7-5-20-6-8-26/h3-4,9-10,20H,5-8H2,1-2H3,(H2,19,27)(H,21,22,23,25). The van der Waals surface area contributed by atoms with E-state index in [4.69, 9.17) is 5.73 Å². The fourth-order valence-corrected chi connectivity index (χ4v) is 3.52. The molecule has 0 radical (unpaired) electrons. The van der Waals surface area contributed by atoms with Gasteiger partial charge in [-0.3, -0.25) is 4.79 Å². The molecule has 0 aromatic carbocycles. The quantitative estimate of drug-likeness (QED) is 0.738. The Morgan fingerprint density at radius 3 is 2.74 bits per heavy atom.